The molecule has 0 aliphatic rings. The maximum Gasteiger partial charge on any atom is 0.161 e. The number of hydrogen-bond donors (Lipinski definition) is 2. The minimum atomic E-state index is -0.724. The van der Waals surface area contributed by atoms with Gasteiger partial charge in [-0.1, -0.05) is 36.7 Å². The first-order chi connectivity index (χ1) is 12.2. The summed E-state index contributed by atoms with van der Waals surface area (Å²) < 4.78 is 0. The van der Waals surface area contributed by atoms with Gasteiger partial charge in [0.25, 0.3) is 0 Å². The van der Waals surface area contributed by atoms with Crippen LogP contribution in [-0.4, -0.2) is 26.6 Å². The lowest BCUT2D eigenvalue weighted by Crippen LogP contribution is -2.14. The molecule has 0 saturated carbocycles. The van der Waals surface area contributed by atoms with E-state index in [9.17, 15) is 5.11 Å². The molecule has 0 bridgehead atoms. The van der Waals surface area contributed by atoms with E-state index in [0.29, 0.717) is 28.8 Å². The van der Waals surface area contributed by atoms with Crippen molar-refractivity contribution in [3.05, 3.63) is 71.1 Å². The monoisotopic (exact) mass is 354 g/mol. The predicted octanol–water partition coefficient (Wildman–Crippen LogP) is 3.90. The Kier molecular flexibility index (Phi) is 5.58. The summed E-state index contributed by atoms with van der Waals surface area (Å²) >= 11 is 6.13. The van der Waals surface area contributed by atoms with Crippen molar-refractivity contribution in [1.82, 2.24) is 15.0 Å². The fraction of sp³-hybridized carbons (Fsp3) is 0.211. The average molecular weight is 355 g/mol. The second-order valence-corrected chi connectivity index (χ2v) is 5.98. The van der Waals surface area contributed by atoms with Gasteiger partial charge in [-0.15, -0.1) is 0 Å². The molecular weight excluding hydrogens is 336 g/mol. The smallest absolute Gasteiger partial charge is 0.161 e. The molecule has 0 aliphatic carbocycles. The molecule has 3 rings (SSSR count). The molecule has 0 spiro atoms. The number of pyridine rings is 1. The SMILES string of the molecule is CCc1cc(NCC(O)c2ccccc2Cl)nc(-c2ccncc2)n1. The van der Waals surface area contributed by atoms with Gasteiger partial charge < -0.3 is 10.4 Å². The van der Waals surface area contributed by atoms with Gasteiger partial charge >= 0.3 is 0 Å². The van der Waals surface area contributed by atoms with Crippen molar-refractivity contribution >= 4 is 17.4 Å². The van der Waals surface area contributed by atoms with Gasteiger partial charge in [-0.2, -0.15) is 0 Å². The number of aryl methyl sites for hydroxylation is 1. The van der Waals surface area contributed by atoms with E-state index in [1.54, 1.807) is 18.5 Å². The maximum atomic E-state index is 10.4. The van der Waals surface area contributed by atoms with E-state index >= 15 is 0 Å². The minimum absolute atomic E-state index is 0.305. The highest BCUT2D eigenvalue weighted by molar-refractivity contribution is 6.31. The second kappa shape index (κ2) is 8.05. The molecule has 3 aromatic rings. The number of nitrogens with one attached hydrogen (secondary N) is 1. The number of benzene rings is 1. The summed E-state index contributed by atoms with van der Waals surface area (Å²) in [6.07, 6.45) is 3.50. The van der Waals surface area contributed by atoms with Crippen LogP contribution < -0.4 is 5.32 Å². The van der Waals surface area contributed by atoms with Crippen LogP contribution in [0.4, 0.5) is 5.82 Å². The molecule has 6 heteroatoms. The van der Waals surface area contributed by atoms with Crippen LogP contribution in [0, 0.1) is 0 Å². The number of rotatable bonds is 6. The first-order valence-corrected chi connectivity index (χ1v) is 8.50. The Hall–Kier alpha value is -2.50. The van der Waals surface area contributed by atoms with Crippen LogP contribution in [0.3, 0.4) is 0 Å². The zero-order chi connectivity index (χ0) is 17.6. The van der Waals surface area contributed by atoms with Gasteiger partial charge in [-0.3, -0.25) is 4.98 Å². The number of halogens is 1. The van der Waals surface area contributed by atoms with Gasteiger partial charge in [0.15, 0.2) is 5.82 Å². The molecule has 0 amide bonds. The van der Waals surface area contributed by atoms with Crippen molar-refractivity contribution in [2.75, 3.05) is 11.9 Å². The van der Waals surface area contributed by atoms with E-state index in [-0.39, 0.29) is 0 Å². The van der Waals surface area contributed by atoms with Crippen LogP contribution in [-0.2, 0) is 6.42 Å². The Balaban J connectivity index is 1.79. The molecule has 1 atom stereocenters. The summed E-state index contributed by atoms with van der Waals surface area (Å²) in [5, 5.41) is 14.1. The normalized spacial score (nSPS) is 12.0. The van der Waals surface area contributed by atoms with Crippen molar-refractivity contribution in [3.63, 3.8) is 0 Å². The number of aromatic nitrogens is 3. The van der Waals surface area contributed by atoms with Gasteiger partial charge in [-0.05, 0) is 24.6 Å². The van der Waals surface area contributed by atoms with Crippen LogP contribution in [0.25, 0.3) is 11.4 Å². The fourth-order valence-corrected chi connectivity index (χ4v) is 2.72. The lowest BCUT2D eigenvalue weighted by Gasteiger charge is -2.15. The summed E-state index contributed by atoms with van der Waals surface area (Å²) in [5.41, 5.74) is 2.52. The fourth-order valence-electron chi connectivity index (χ4n) is 2.46. The Bertz CT molecular complexity index is 842. The third-order valence-corrected chi connectivity index (χ3v) is 4.16. The standard InChI is InChI=1S/C19H19ClN4O/c1-2-14-11-18(24-19(23-14)13-7-9-21-10-8-13)22-12-17(25)15-5-3-4-6-16(15)20/h3-11,17,25H,2,12H2,1H3,(H,22,23,24). The van der Waals surface area contributed by atoms with Gasteiger partial charge in [0.2, 0.25) is 0 Å². The molecule has 25 heavy (non-hydrogen) atoms. The topological polar surface area (TPSA) is 70.9 Å². The van der Waals surface area contributed by atoms with Crippen LogP contribution in [0.5, 0.6) is 0 Å². The molecule has 1 aromatic carbocycles. The first kappa shape index (κ1) is 17.3. The van der Waals surface area contributed by atoms with Crippen LogP contribution in [0.2, 0.25) is 5.02 Å². The van der Waals surface area contributed by atoms with Crippen molar-refractivity contribution < 1.29 is 5.11 Å². The molecule has 0 saturated heterocycles. The maximum absolute atomic E-state index is 10.4. The van der Waals surface area contributed by atoms with Crippen LogP contribution in [0.15, 0.2) is 54.9 Å². The summed E-state index contributed by atoms with van der Waals surface area (Å²) in [6, 6.07) is 12.9. The molecule has 2 aromatic heterocycles. The van der Waals surface area contributed by atoms with Crippen LogP contribution >= 0.6 is 11.6 Å². The zero-order valence-corrected chi connectivity index (χ0v) is 14.6. The molecule has 2 N–H and O–H groups in total. The number of hydrogen-bond acceptors (Lipinski definition) is 5. The van der Waals surface area contributed by atoms with Crippen molar-refractivity contribution in [1.29, 1.82) is 0 Å². The summed E-state index contributed by atoms with van der Waals surface area (Å²) in [7, 11) is 0. The number of aliphatic hydroxyl groups is 1. The first-order valence-electron chi connectivity index (χ1n) is 8.12. The lowest BCUT2D eigenvalue weighted by molar-refractivity contribution is 0.191. The van der Waals surface area contributed by atoms with Gasteiger partial charge in [-0.25, -0.2) is 9.97 Å². The van der Waals surface area contributed by atoms with E-state index < -0.39 is 6.10 Å². The quantitative estimate of drug-likeness (QED) is 0.702. The van der Waals surface area contributed by atoms with Gasteiger partial charge in [0.1, 0.15) is 5.82 Å². The molecule has 5 nitrogen and oxygen atoms in total. The average Bonchev–Trinajstić information content (AvgIpc) is 2.67. The molecule has 0 fully saturated rings. The number of nitrogens with zero attached hydrogens (tertiary/aromatic N) is 3. The Morgan fingerprint density at radius 1 is 1.12 bits per heavy atom. The molecule has 0 aliphatic heterocycles. The van der Waals surface area contributed by atoms with Gasteiger partial charge in [0, 0.05) is 46.8 Å². The zero-order valence-electron chi connectivity index (χ0n) is 13.9. The number of aliphatic hydroxyl groups excluding tert-OH is 1. The largest absolute Gasteiger partial charge is 0.387 e. The van der Waals surface area contributed by atoms with Crippen molar-refractivity contribution in [2.24, 2.45) is 0 Å². The van der Waals surface area contributed by atoms with Crippen LogP contribution in [0.1, 0.15) is 24.3 Å². The summed E-state index contributed by atoms with van der Waals surface area (Å²) in [6.45, 7) is 2.35. The van der Waals surface area contributed by atoms with E-state index in [2.05, 4.69) is 20.3 Å². The number of anilines is 1. The van der Waals surface area contributed by atoms with E-state index in [0.717, 1.165) is 17.7 Å². The highest BCUT2D eigenvalue weighted by Crippen LogP contribution is 2.23. The Morgan fingerprint density at radius 2 is 1.88 bits per heavy atom. The van der Waals surface area contributed by atoms with Crippen molar-refractivity contribution in [2.45, 2.75) is 19.4 Å². The predicted molar refractivity (Wildman–Crippen MR) is 99.5 cm³/mol. The van der Waals surface area contributed by atoms with E-state index in [4.69, 9.17) is 11.6 Å². The molecule has 0 radical (unpaired) electrons. The van der Waals surface area contributed by atoms with Crippen molar-refractivity contribution in [3.8, 4) is 11.4 Å². The third kappa shape index (κ3) is 4.32. The lowest BCUT2D eigenvalue weighted by atomic mass is 10.1. The minimum Gasteiger partial charge on any atom is -0.387 e. The Labute approximate surface area is 151 Å². The Morgan fingerprint density at radius 3 is 2.60 bits per heavy atom. The van der Waals surface area contributed by atoms with E-state index in [1.807, 2.05) is 43.3 Å². The molecule has 128 valence electrons. The summed E-state index contributed by atoms with van der Waals surface area (Å²) in [5.74, 6) is 1.31. The third-order valence-electron chi connectivity index (χ3n) is 3.82. The molecular formula is C19H19ClN4O. The highest BCUT2D eigenvalue weighted by atomic mass is 35.5. The molecule has 2 heterocycles. The summed E-state index contributed by atoms with van der Waals surface area (Å²) in [4.78, 5) is 13.1. The van der Waals surface area contributed by atoms with E-state index in [1.165, 1.54) is 0 Å². The molecule has 1 unspecified atom stereocenters. The van der Waals surface area contributed by atoms with Gasteiger partial charge in [0.05, 0.1) is 6.10 Å². The second-order valence-electron chi connectivity index (χ2n) is 5.58. The highest BCUT2D eigenvalue weighted by Gasteiger charge is 2.12.